The summed E-state index contributed by atoms with van der Waals surface area (Å²) in [6.45, 7) is 0. The van der Waals surface area contributed by atoms with Crippen molar-refractivity contribution in [3.05, 3.63) is 29.8 Å². The number of carbonyl (C=O) groups is 1. The lowest BCUT2D eigenvalue weighted by molar-refractivity contribution is 0.0561. The van der Waals surface area contributed by atoms with E-state index in [1.54, 1.807) is 24.3 Å². The van der Waals surface area contributed by atoms with Gasteiger partial charge in [0, 0.05) is 0 Å². The third-order valence-electron chi connectivity index (χ3n) is 1.65. The zero-order valence-corrected chi connectivity index (χ0v) is 6.97. The molecule has 0 radical (unpaired) electrons. The molecule has 62 valence electrons. The fraction of sp³-hybridized carbons (Fsp3) is 0.125. The first-order valence-electron chi connectivity index (χ1n) is 3.43. The van der Waals surface area contributed by atoms with Crippen LogP contribution in [0.25, 0.3) is 0 Å². The third kappa shape index (κ3) is 1.04. The number of rotatable bonds is 0. The second-order valence-corrected chi connectivity index (χ2v) is 3.76. The van der Waals surface area contributed by atoms with E-state index in [9.17, 15) is 9.00 Å². The Kier molecular flexibility index (Phi) is 1.69. The standard InChI is InChI=1S/C8H6O3S/c9-8-6-3-1-2-4-7(6)12(10)5-11-8/h1-4H,5H2. The molecule has 1 unspecified atom stereocenters. The van der Waals surface area contributed by atoms with Crippen LogP contribution < -0.4 is 0 Å². The highest BCUT2D eigenvalue weighted by Crippen LogP contribution is 2.19. The average Bonchev–Trinajstić information content (AvgIpc) is 2.12. The van der Waals surface area contributed by atoms with Crippen molar-refractivity contribution < 1.29 is 13.7 Å². The Hall–Kier alpha value is -1.16. The number of hydrogen-bond acceptors (Lipinski definition) is 3. The maximum atomic E-state index is 11.3. The maximum absolute atomic E-state index is 11.3. The van der Waals surface area contributed by atoms with Crippen LogP contribution in [0.1, 0.15) is 10.4 Å². The summed E-state index contributed by atoms with van der Waals surface area (Å²) < 4.78 is 15.9. The van der Waals surface area contributed by atoms with Gasteiger partial charge in [-0.25, -0.2) is 4.79 Å². The summed E-state index contributed by atoms with van der Waals surface area (Å²) >= 11 is 0. The number of esters is 1. The van der Waals surface area contributed by atoms with Crippen LogP contribution >= 0.6 is 0 Å². The van der Waals surface area contributed by atoms with E-state index in [1.165, 1.54) is 0 Å². The van der Waals surface area contributed by atoms with Crippen LogP contribution in [-0.2, 0) is 15.5 Å². The summed E-state index contributed by atoms with van der Waals surface area (Å²) in [6.07, 6.45) is 0. The van der Waals surface area contributed by atoms with Crippen LogP contribution in [0.15, 0.2) is 29.2 Å². The molecular weight excluding hydrogens is 176 g/mol. The number of fused-ring (bicyclic) bond motifs is 1. The van der Waals surface area contributed by atoms with Crippen LogP contribution in [0.5, 0.6) is 0 Å². The van der Waals surface area contributed by atoms with Gasteiger partial charge >= 0.3 is 5.97 Å². The summed E-state index contributed by atoms with van der Waals surface area (Å²) in [6, 6.07) is 6.79. The molecule has 1 aromatic rings. The maximum Gasteiger partial charge on any atom is 0.340 e. The fourth-order valence-corrected chi connectivity index (χ4v) is 2.05. The van der Waals surface area contributed by atoms with E-state index in [4.69, 9.17) is 0 Å². The molecule has 0 saturated heterocycles. The fourth-order valence-electron chi connectivity index (χ4n) is 1.08. The third-order valence-corrected chi connectivity index (χ3v) is 2.83. The van der Waals surface area contributed by atoms with Crippen molar-refractivity contribution in [3.63, 3.8) is 0 Å². The Morgan fingerprint density at radius 1 is 1.33 bits per heavy atom. The van der Waals surface area contributed by atoms with E-state index in [0.717, 1.165) is 0 Å². The zero-order valence-electron chi connectivity index (χ0n) is 6.15. The predicted octanol–water partition coefficient (Wildman–Crippen LogP) is 0.922. The number of ether oxygens (including phenoxy) is 1. The Labute approximate surface area is 71.8 Å². The van der Waals surface area contributed by atoms with Gasteiger partial charge in [0.25, 0.3) is 0 Å². The molecule has 0 spiro atoms. The summed E-state index contributed by atoms with van der Waals surface area (Å²) in [7, 11) is -1.18. The summed E-state index contributed by atoms with van der Waals surface area (Å²) in [5.74, 6) is -0.402. The molecule has 1 atom stereocenters. The lowest BCUT2D eigenvalue weighted by Gasteiger charge is -2.13. The van der Waals surface area contributed by atoms with Gasteiger partial charge in [0.2, 0.25) is 0 Å². The number of cyclic esters (lactones) is 1. The smallest absolute Gasteiger partial charge is 0.340 e. The molecule has 2 rings (SSSR count). The van der Waals surface area contributed by atoms with Gasteiger partial charge in [-0.1, -0.05) is 12.1 Å². The SMILES string of the molecule is O=C1OCS(=O)c2ccccc21. The molecule has 1 aliphatic heterocycles. The van der Waals surface area contributed by atoms with E-state index in [-0.39, 0.29) is 11.9 Å². The minimum Gasteiger partial charge on any atom is -0.448 e. The van der Waals surface area contributed by atoms with Crippen molar-refractivity contribution in [2.45, 2.75) is 4.90 Å². The van der Waals surface area contributed by atoms with Crippen LogP contribution in [0.3, 0.4) is 0 Å². The lowest BCUT2D eigenvalue weighted by Crippen LogP contribution is -2.19. The van der Waals surface area contributed by atoms with Gasteiger partial charge in [-0.2, -0.15) is 0 Å². The normalized spacial score (nSPS) is 21.3. The van der Waals surface area contributed by atoms with E-state index in [0.29, 0.717) is 10.5 Å². The van der Waals surface area contributed by atoms with Crippen molar-refractivity contribution in [2.75, 3.05) is 5.94 Å². The van der Waals surface area contributed by atoms with Gasteiger partial charge < -0.3 is 4.74 Å². The number of carbonyl (C=O) groups excluding carboxylic acids is 1. The first-order valence-corrected chi connectivity index (χ1v) is 4.75. The molecule has 0 saturated carbocycles. The summed E-state index contributed by atoms with van der Waals surface area (Å²) in [4.78, 5) is 11.7. The van der Waals surface area contributed by atoms with Crippen molar-refractivity contribution in [3.8, 4) is 0 Å². The van der Waals surface area contributed by atoms with Crippen LogP contribution in [0.2, 0.25) is 0 Å². The number of hydrogen-bond donors (Lipinski definition) is 0. The zero-order chi connectivity index (χ0) is 8.55. The monoisotopic (exact) mass is 182 g/mol. The minimum absolute atomic E-state index is 0.0180. The number of benzene rings is 1. The van der Waals surface area contributed by atoms with E-state index < -0.39 is 10.8 Å². The average molecular weight is 182 g/mol. The highest BCUT2D eigenvalue weighted by molar-refractivity contribution is 7.85. The first-order chi connectivity index (χ1) is 5.79. The molecule has 4 heteroatoms. The van der Waals surface area contributed by atoms with Crippen LogP contribution in [-0.4, -0.2) is 16.1 Å². The van der Waals surface area contributed by atoms with E-state index in [1.807, 2.05) is 0 Å². The molecule has 3 nitrogen and oxygen atoms in total. The van der Waals surface area contributed by atoms with E-state index >= 15 is 0 Å². The van der Waals surface area contributed by atoms with Crippen LogP contribution in [0.4, 0.5) is 0 Å². The Balaban J connectivity index is 2.62. The summed E-state index contributed by atoms with van der Waals surface area (Å²) in [5.41, 5.74) is 0.419. The van der Waals surface area contributed by atoms with Gasteiger partial charge in [0.15, 0.2) is 5.94 Å². The topological polar surface area (TPSA) is 43.4 Å². The van der Waals surface area contributed by atoms with Gasteiger partial charge in [0.05, 0.1) is 21.3 Å². The molecule has 0 bridgehead atoms. The largest absolute Gasteiger partial charge is 0.448 e. The highest BCUT2D eigenvalue weighted by atomic mass is 32.2. The van der Waals surface area contributed by atoms with Crippen molar-refractivity contribution in [1.29, 1.82) is 0 Å². The predicted molar refractivity (Wildman–Crippen MR) is 43.1 cm³/mol. The molecule has 12 heavy (non-hydrogen) atoms. The Morgan fingerprint density at radius 3 is 2.83 bits per heavy atom. The highest BCUT2D eigenvalue weighted by Gasteiger charge is 2.22. The quantitative estimate of drug-likeness (QED) is 0.560. The first kappa shape index (κ1) is 7.49. The molecule has 1 aliphatic rings. The van der Waals surface area contributed by atoms with E-state index in [2.05, 4.69) is 4.74 Å². The van der Waals surface area contributed by atoms with Crippen molar-refractivity contribution in [1.82, 2.24) is 0 Å². The minimum atomic E-state index is -1.18. The lowest BCUT2D eigenvalue weighted by atomic mass is 10.2. The van der Waals surface area contributed by atoms with Gasteiger partial charge in [-0.05, 0) is 12.1 Å². The molecular formula is C8H6O3S. The molecule has 0 N–H and O–H groups in total. The van der Waals surface area contributed by atoms with Gasteiger partial charge in [0.1, 0.15) is 0 Å². The Bertz CT molecular complexity index is 324. The van der Waals surface area contributed by atoms with Gasteiger partial charge in [-0.15, -0.1) is 0 Å². The second-order valence-electron chi connectivity index (χ2n) is 2.39. The molecule has 1 heterocycles. The van der Waals surface area contributed by atoms with Crippen molar-refractivity contribution >= 4 is 16.8 Å². The Morgan fingerprint density at radius 2 is 2.08 bits per heavy atom. The molecule has 0 fully saturated rings. The van der Waals surface area contributed by atoms with Crippen molar-refractivity contribution in [2.24, 2.45) is 0 Å². The molecule has 0 aromatic heterocycles. The molecule has 0 aliphatic carbocycles. The molecule has 0 amide bonds. The summed E-state index contributed by atoms with van der Waals surface area (Å²) in [5, 5.41) is 0. The molecule has 1 aromatic carbocycles. The van der Waals surface area contributed by atoms with Crippen LogP contribution in [0, 0.1) is 0 Å². The second kappa shape index (κ2) is 2.71. The van der Waals surface area contributed by atoms with Gasteiger partial charge in [-0.3, -0.25) is 4.21 Å².